The van der Waals surface area contributed by atoms with E-state index in [0.717, 1.165) is 19.0 Å². The number of carbonyl (C=O) groups excluding carboxylic acids is 1. The molecule has 0 atom stereocenters. The first-order chi connectivity index (χ1) is 10.8. The normalized spacial score (nSPS) is 17.1. The molecule has 0 N–H and O–H groups in total. The molecule has 1 amide bonds. The highest BCUT2D eigenvalue weighted by Gasteiger charge is 2.22. The number of amides is 1. The highest BCUT2D eigenvalue weighted by molar-refractivity contribution is 7.90. The summed E-state index contributed by atoms with van der Waals surface area (Å²) >= 11 is 5.95. The molecule has 23 heavy (non-hydrogen) atoms. The average Bonchev–Trinajstić information content (AvgIpc) is 2.69. The molecule has 1 aliphatic heterocycles. The molecule has 0 bridgehead atoms. The molecule has 2 rings (SSSR count). The van der Waals surface area contributed by atoms with E-state index in [2.05, 4.69) is 0 Å². The van der Waals surface area contributed by atoms with E-state index in [0.29, 0.717) is 26.2 Å². The van der Waals surface area contributed by atoms with E-state index in [9.17, 15) is 17.6 Å². The molecule has 0 radical (unpaired) electrons. The molecule has 1 fully saturated rings. The Kier molecular flexibility index (Phi) is 6.00. The molecule has 0 aliphatic carbocycles. The van der Waals surface area contributed by atoms with E-state index in [4.69, 9.17) is 11.6 Å². The minimum Gasteiger partial charge on any atom is -0.337 e. The van der Waals surface area contributed by atoms with Crippen molar-refractivity contribution >= 4 is 27.3 Å². The maximum Gasteiger partial charge on any atom is 0.255 e. The number of hydrogen-bond donors (Lipinski definition) is 0. The maximum absolute atomic E-state index is 13.1. The Labute approximate surface area is 140 Å². The van der Waals surface area contributed by atoms with Crippen molar-refractivity contribution in [2.45, 2.75) is 6.42 Å². The zero-order valence-electron chi connectivity index (χ0n) is 13.0. The molecule has 0 spiro atoms. The lowest BCUT2D eigenvalue weighted by atomic mass is 10.2. The van der Waals surface area contributed by atoms with Gasteiger partial charge < -0.3 is 9.80 Å². The Bertz CT molecular complexity index is 681. The van der Waals surface area contributed by atoms with Crippen LogP contribution in [0.4, 0.5) is 4.39 Å². The first-order valence-corrected chi connectivity index (χ1v) is 9.84. The molecule has 128 valence electrons. The van der Waals surface area contributed by atoms with Gasteiger partial charge in [-0.3, -0.25) is 4.79 Å². The molecule has 0 saturated carbocycles. The second kappa shape index (κ2) is 7.59. The van der Waals surface area contributed by atoms with Crippen molar-refractivity contribution in [3.8, 4) is 0 Å². The number of rotatable bonds is 4. The third-order valence-corrected chi connectivity index (χ3v) is 5.05. The second-order valence-corrected chi connectivity index (χ2v) is 8.41. The highest BCUT2D eigenvalue weighted by Crippen LogP contribution is 2.20. The molecule has 0 aromatic heterocycles. The smallest absolute Gasteiger partial charge is 0.255 e. The van der Waals surface area contributed by atoms with E-state index in [-0.39, 0.29) is 22.2 Å². The fourth-order valence-corrected chi connectivity index (χ4v) is 3.36. The Morgan fingerprint density at radius 2 is 2.00 bits per heavy atom. The van der Waals surface area contributed by atoms with Crippen LogP contribution in [0.5, 0.6) is 0 Å². The lowest BCUT2D eigenvalue weighted by molar-refractivity contribution is 0.0762. The summed E-state index contributed by atoms with van der Waals surface area (Å²) < 4.78 is 35.6. The first kappa shape index (κ1) is 18.2. The zero-order chi connectivity index (χ0) is 17.0. The molecule has 1 aliphatic rings. The number of carbonyl (C=O) groups is 1. The van der Waals surface area contributed by atoms with Crippen LogP contribution in [0.3, 0.4) is 0 Å². The predicted octanol–water partition coefficient (Wildman–Crippen LogP) is 1.67. The summed E-state index contributed by atoms with van der Waals surface area (Å²) in [5, 5.41) is 0.105. The van der Waals surface area contributed by atoms with Gasteiger partial charge in [0.2, 0.25) is 0 Å². The predicted molar refractivity (Wildman–Crippen MR) is 88.1 cm³/mol. The van der Waals surface area contributed by atoms with E-state index in [1.807, 2.05) is 4.90 Å². The van der Waals surface area contributed by atoms with Crippen LogP contribution in [-0.4, -0.2) is 68.9 Å². The van der Waals surface area contributed by atoms with Gasteiger partial charge in [-0.25, -0.2) is 12.8 Å². The van der Waals surface area contributed by atoms with Crippen molar-refractivity contribution < 1.29 is 17.6 Å². The van der Waals surface area contributed by atoms with Crippen LogP contribution in [0.25, 0.3) is 0 Å². The fourth-order valence-electron chi connectivity index (χ4n) is 2.53. The average molecular weight is 363 g/mol. The Balaban J connectivity index is 1.98. The molecule has 8 heteroatoms. The number of hydrogen-bond acceptors (Lipinski definition) is 4. The number of halogens is 2. The summed E-state index contributed by atoms with van der Waals surface area (Å²) in [5.74, 6) is -0.584. The monoisotopic (exact) mass is 362 g/mol. The van der Waals surface area contributed by atoms with Gasteiger partial charge in [0.25, 0.3) is 5.91 Å². The van der Waals surface area contributed by atoms with Gasteiger partial charge in [0.1, 0.15) is 15.7 Å². The van der Waals surface area contributed by atoms with Crippen molar-refractivity contribution in [1.82, 2.24) is 9.80 Å². The Hall–Kier alpha value is -1.18. The van der Waals surface area contributed by atoms with Crippen molar-refractivity contribution in [2.75, 3.05) is 44.7 Å². The van der Waals surface area contributed by atoms with E-state index >= 15 is 0 Å². The van der Waals surface area contributed by atoms with Gasteiger partial charge >= 0.3 is 0 Å². The van der Waals surface area contributed by atoms with E-state index in [1.54, 1.807) is 4.90 Å². The SMILES string of the molecule is CS(=O)(=O)CCN1CCCN(C(=O)c2ccc(F)cc2Cl)CC1. The van der Waals surface area contributed by atoms with Crippen molar-refractivity contribution in [3.05, 3.63) is 34.6 Å². The highest BCUT2D eigenvalue weighted by atomic mass is 35.5. The van der Waals surface area contributed by atoms with Crippen molar-refractivity contribution in [2.24, 2.45) is 0 Å². The summed E-state index contributed by atoms with van der Waals surface area (Å²) in [6.45, 7) is 2.90. The van der Waals surface area contributed by atoms with Crippen LogP contribution >= 0.6 is 11.6 Å². The van der Waals surface area contributed by atoms with Gasteiger partial charge in [0.15, 0.2) is 0 Å². The van der Waals surface area contributed by atoms with Crippen molar-refractivity contribution in [3.63, 3.8) is 0 Å². The van der Waals surface area contributed by atoms with E-state index < -0.39 is 15.7 Å². The van der Waals surface area contributed by atoms with Gasteiger partial charge in [-0.15, -0.1) is 0 Å². The van der Waals surface area contributed by atoms with Gasteiger partial charge in [-0.2, -0.15) is 0 Å². The number of nitrogens with zero attached hydrogens (tertiary/aromatic N) is 2. The standard InChI is InChI=1S/C15H20ClFN2O3S/c1-23(21,22)10-9-18-5-2-6-19(8-7-18)15(20)13-4-3-12(17)11-14(13)16/h3-4,11H,2,5-10H2,1H3. The molecule has 1 heterocycles. The Morgan fingerprint density at radius 1 is 1.26 bits per heavy atom. The van der Waals surface area contributed by atoms with Crippen LogP contribution in [0, 0.1) is 5.82 Å². The minimum absolute atomic E-state index is 0.105. The third kappa shape index (κ3) is 5.44. The van der Waals surface area contributed by atoms with E-state index in [1.165, 1.54) is 18.4 Å². The van der Waals surface area contributed by atoms with Crippen molar-refractivity contribution in [1.29, 1.82) is 0 Å². The number of sulfone groups is 1. The van der Waals surface area contributed by atoms with Crippen LogP contribution < -0.4 is 0 Å². The summed E-state index contributed by atoms with van der Waals surface area (Å²) in [6.07, 6.45) is 1.98. The molecule has 0 unspecified atom stereocenters. The van der Waals surface area contributed by atoms with Gasteiger partial charge in [-0.05, 0) is 31.2 Å². The summed E-state index contributed by atoms with van der Waals surface area (Å²) in [6, 6.07) is 3.74. The summed E-state index contributed by atoms with van der Waals surface area (Å²) in [7, 11) is -2.99. The lowest BCUT2D eigenvalue weighted by Crippen LogP contribution is -2.36. The zero-order valence-corrected chi connectivity index (χ0v) is 14.5. The van der Waals surface area contributed by atoms with Gasteiger partial charge in [0.05, 0.1) is 16.3 Å². The number of benzene rings is 1. The summed E-state index contributed by atoms with van der Waals surface area (Å²) in [5.41, 5.74) is 0.289. The molecule has 5 nitrogen and oxygen atoms in total. The van der Waals surface area contributed by atoms with Crippen LogP contribution in [0.2, 0.25) is 5.02 Å². The summed E-state index contributed by atoms with van der Waals surface area (Å²) in [4.78, 5) is 16.2. The first-order valence-electron chi connectivity index (χ1n) is 7.41. The molecular formula is C15H20ClFN2O3S. The van der Waals surface area contributed by atoms with Gasteiger partial charge in [0, 0.05) is 32.4 Å². The third-order valence-electron chi connectivity index (χ3n) is 3.82. The molecule has 1 aromatic rings. The minimum atomic E-state index is -2.99. The lowest BCUT2D eigenvalue weighted by Gasteiger charge is -2.22. The van der Waals surface area contributed by atoms with Crippen LogP contribution in [0.15, 0.2) is 18.2 Å². The molecule has 1 aromatic carbocycles. The fraction of sp³-hybridized carbons (Fsp3) is 0.533. The van der Waals surface area contributed by atoms with Crippen LogP contribution in [0.1, 0.15) is 16.8 Å². The van der Waals surface area contributed by atoms with Gasteiger partial charge in [-0.1, -0.05) is 11.6 Å². The largest absolute Gasteiger partial charge is 0.337 e. The Morgan fingerprint density at radius 3 is 2.65 bits per heavy atom. The second-order valence-electron chi connectivity index (χ2n) is 5.74. The maximum atomic E-state index is 13.1. The molecule has 1 saturated heterocycles. The van der Waals surface area contributed by atoms with Crippen LogP contribution in [-0.2, 0) is 9.84 Å². The topological polar surface area (TPSA) is 57.7 Å². The molecular weight excluding hydrogens is 343 g/mol. The quantitative estimate of drug-likeness (QED) is 0.817.